The van der Waals surface area contributed by atoms with Crippen molar-refractivity contribution in [1.29, 1.82) is 0 Å². The lowest BCUT2D eigenvalue weighted by Gasteiger charge is -2.23. The highest BCUT2D eigenvalue weighted by atomic mass is 32.2. The molecular weight excluding hydrogens is 256 g/mol. The van der Waals surface area contributed by atoms with Crippen LogP contribution in [-0.2, 0) is 21.1 Å². The van der Waals surface area contributed by atoms with Crippen molar-refractivity contribution in [2.24, 2.45) is 0 Å². The maximum Gasteiger partial charge on any atom is 0.0469 e. The number of ether oxygens (including phenoxy) is 1. The summed E-state index contributed by atoms with van der Waals surface area (Å²) >= 11 is 0. The monoisotopic (exact) mass is 284 g/mol. The summed E-state index contributed by atoms with van der Waals surface area (Å²) in [7, 11) is -2.22. The van der Waals surface area contributed by atoms with Crippen molar-refractivity contribution < 1.29 is 8.95 Å². The quantitative estimate of drug-likeness (QED) is 0.584. The van der Waals surface area contributed by atoms with E-state index in [0.29, 0.717) is 0 Å². The Morgan fingerprint density at radius 2 is 2.00 bits per heavy atom. The summed E-state index contributed by atoms with van der Waals surface area (Å²) in [5.74, 6) is 0. The molecule has 0 unspecified atom stereocenters. The van der Waals surface area contributed by atoms with Crippen LogP contribution in [0.5, 0.6) is 0 Å². The lowest BCUT2D eigenvalue weighted by molar-refractivity contribution is 0.132. The Hall–Kier alpha value is -0.670. The smallest absolute Gasteiger partial charge is 0.0469 e. The number of benzene rings is 1. The van der Waals surface area contributed by atoms with Gasteiger partial charge in [0, 0.05) is 23.4 Å². The molecule has 0 amide bonds. The Balaban J connectivity index is 2.60. The van der Waals surface area contributed by atoms with Gasteiger partial charge in [-0.3, -0.25) is 4.21 Å². The van der Waals surface area contributed by atoms with Crippen molar-refractivity contribution in [3.63, 3.8) is 0 Å². The summed E-state index contributed by atoms with van der Waals surface area (Å²) in [6, 6.07) is 8.25. The van der Waals surface area contributed by atoms with E-state index in [9.17, 15) is 4.21 Å². The first kappa shape index (κ1) is 16.4. The second kappa shape index (κ2) is 7.81. The van der Waals surface area contributed by atoms with Gasteiger partial charge in [0.2, 0.25) is 0 Å². The summed E-state index contributed by atoms with van der Waals surface area (Å²) in [5.41, 5.74) is 1.26. The predicted molar refractivity (Wildman–Crippen MR) is 84.7 cm³/mol. The number of hydrogen-bond acceptors (Lipinski definition) is 2. The maximum atomic E-state index is 12.7. The second-order valence-corrected chi connectivity index (χ2v) is 9.00. The molecule has 3 heteroatoms. The first-order chi connectivity index (χ1) is 8.98. The van der Waals surface area contributed by atoms with E-state index in [1.807, 2.05) is 32.2 Å². The highest BCUT2D eigenvalue weighted by molar-refractivity contribution is 8.03. The van der Waals surface area contributed by atoms with Gasteiger partial charge >= 0.3 is 0 Å². The molecule has 0 atom stereocenters. The highest BCUT2D eigenvalue weighted by Gasteiger charge is 2.16. The van der Waals surface area contributed by atoms with E-state index in [1.165, 1.54) is 5.56 Å². The number of thiol groups is 1. The van der Waals surface area contributed by atoms with Gasteiger partial charge in [0.25, 0.3) is 0 Å². The Kier molecular flexibility index (Phi) is 6.73. The molecule has 0 N–H and O–H groups in total. The average molecular weight is 284 g/mol. The van der Waals surface area contributed by atoms with Gasteiger partial charge in [-0.15, -0.1) is 0 Å². The molecule has 0 radical (unpaired) electrons. The van der Waals surface area contributed by atoms with Crippen molar-refractivity contribution in [2.45, 2.75) is 50.2 Å². The molecule has 1 aromatic rings. The Morgan fingerprint density at radius 1 is 1.26 bits per heavy atom. The van der Waals surface area contributed by atoms with Crippen LogP contribution in [0.25, 0.3) is 0 Å². The number of rotatable bonds is 8. The molecule has 1 rings (SSSR count). The summed E-state index contributed by atoms with van der Waals surface area (Å²) < 4.78 is 18.1. The zero-order chi connectivity index (χ0) is 14.3. The topological polar surface area (TPSA) is 26.3 Å². The molecule has 0 fully saturated rings. The van der Waals surface area contributed by atoms with Gasteiger partial charge in [0.1, 0.15) is 0 Å². The van der Waals surface area contributed by atoms with Gasteiger partial charge in [-0.25, -0.2) is 0 Å². The summed E-state index contributed by atoms with van der Waals surface area (Å²) in [6.07, 6.45) is 4.98. The van der Waals surface area contributed by atoms with Crippen molar-refractivity contribution >= 4 is 9.93 Å². The minimum Gasteiger partial charge on any atom is -0.381 e. The van der Waals surface area contributed by atoms with Crippen LogP contribution < -0.4 is 0 Å². The van der Waals surface area contributed by atoms with Crippen LogP contribution in [0.3, 0.4) is 0 Å². The van der Waals surface area contributed by atoms with E-state index < -0.39 is 9.93 Å². The lowest BCUT2D eigenvalue weighted by atomic mass is 10.1. The van der Waals surface area contributed by atoms with Crippen LogP contribution in [0, 0.1) is 0 Å². The molecule has 0 aliphatic rings. The molecule has 1 aromatic carbocycles. The number of hydrogen-bond donors (Lipinski definition) is 1. The van der Waals surface area contributed by atoms with E-state index in [-0.39, 0.29) is 5.25 Å². The van der Waals surface area contributed by atoms with Crippen molar-refractivity contribution in [3.8, 4) is 0 Å². The normalized spacial score (nSPS) is 12.9. The van der Waals surface area contributed by atoms with Gasteiger partial charge in [0.05, 0.1) is 0 Å². The minimum absolute atomic E-state index is 0.204. The summed E-state index contributed by atoms with van der Waals surface area (Å²) in [6.45, 7) is 7.84. The minimum atomic E-state index is -2.22. The first-order valence-corrected chi connectivity index (χ1v) is 9.45. The molecule has 0 aliphatic heterocycles. The van der Waals surface area contributed by atoms with Gasteiger partial charge in [-0.1, -0.05) is 42.8 Å². The third-order valence-corrected chi connectivity index (χ3v) is 6.79. The maximum absolute atomic E-state index is 12.7. The molecule has 0 spiro atoms. The molecule has 0 saturated heterocycles. The third kappa shape index (κ3) is 5.07. The van der Waals surface area contributed by atoms with E-state index >= 15 is 0 Å². The lowest BCUT2D eigenvalue weighted by Crippen LogP contribution is -2.21. The fourth-order valence-electron chi connectivity index (χ4n) is 1.91. The van der Waals surface area contributed by atoms with Crippen LogP contribution >= 0.6 is 0 Å². The van der Waals surface area contributed by atoms with Crippen molar-refractivity contribution in [3.05, 3.63) is 29.8 Å². The van der Waals surface area contributed by atoms with E-state index in [0.717, 1.165) is 37.4 Å². The van der Waals surface area contributed by atoms with Crippen LogP contribution in [0.15, 0.2) is 29.2 Å². The largest absolute Gasteiger partial charge is 0.381 e. The standard InChI is InChI=1S/C16H28O2S/c1-5-11-18-12-7-9-15-8-6-10-16(13-15)19(4,17)14(2)3/h6,8,10,13-14,19H,5,7,9,11-12H2,1-4H3. The zero-order valence-electron chi connectivity index (χ0n) is 12.7. The van der Waals surface area contributed by atoms with E-state index in [2.05, 4.69) is 19.1 Å². The van der Waals surface area contributed by atoms with Gasteiger partial charge in [-0.2, -0.15) is 0 Å². The molecule has 0 aliphatic carbocycles. The molecule has 0 aromatic heterocycles. The fraction of sp³-hybridized carbons (Fsp3) is 0.625. The molecule has 2 nitrogen and oxygen atoms in total. The molecule has 0 heterocycles. The third-order valence-electron chi connectivity index (χ3n) is 3.51. The predicted octanol–water partition coefficient (Wildman–Crippen LogP) is 3.46. The summed E-state index contributed by atoms with van der Waals surface area (Å²) in [5, 5.41) is 0.204. The SMILES string of the molecule is CCCOCCCc1cccc([SH](C)(=O)C(C)C)c1. The number of aryl methyl sites for hydroxylation is 1. The average Bonchev–Trinajstić information content (AvgIpc) is 2.38. The van der Waals surface area contributed by atoms with Gasteiger partial charge in [0.15, 0.2) is 0 Å². The van der Waals surface area contributed by atoms with Crippen molar-refractivity contribution in [1.82, 2.24) is 0 Å². The summed E-state index contributed by atoms with van der Waals surface area (Å²) in [4.78, 5) is 1.01. The van der Waals surface area contributed by atoms with Crippen molar-refractivity contribution in [2.75, 3.05) is 19.5 Å². The molecule has 0 saturated carbocycles. The Labute approximate surface area is 119 Å². The second-order valence-electron chi connectivity index (χ2n) is 5.47. The van der Waals surface area contributed by atoms with E-state index in [1.54, 1.807) is 0 Å². The molecule has 110 valence electrons. The van der Waals surface area contributed by atoms with Crippen LogP contribution in [0.1, 0.15) is 39.2 Å². The molecular formula is C16H28O2S. The van der Waals surface area contributed by atoms with Crippen LogP contribution in [-0.4, -0.2) is 28.9 Å². The highest BCUT2D eigenvalue weighted by Crippen LogP contribution is 2.22. The molecule has 0 bridgehead atoms. The van der Waals surface area contributed by atoms with E-state index in [4.69, 9.17) is 4.74 Å². The fourth-order valence-corrected chi connectivity index (χ4v) is 3.31. The Bertz CT molecular complexity index is 427. The van der Waals surface area contributed by atoms with Gasteiger partial charge in [-0.05, 0) is 43.2 Å². The van der Waals surface area contributed by atoms with Gasteiger partial charge < -0.3 is 4.74 Å². The van der Waals surface area contributed by atoms with Crippen LogP contribution in [0.4, 0.5) is 0 Å². The Morgan fingerprint density at radius 3 is 2.63 bits per heavy atom. The molecule has 19 heavy (non-hydrogen) atoms. The van der Waals surface area contributed by atoms with Crippen LogP contribution in [0.2, 0.25) is 0 Å². The zero-order valence-corrected chi connectivity index (χ0v) is 13.6. The first-order valence-electron chi connectivity index (χ1n) is 7.23.